The molecule has 0 aliphatic heterocycles. The van der Waals surface area contributed by atoms with E-state index in [1.54, 1.807) is 12.1 Å². The fourth-order valence-corrected chi connectivity index (χ4v) is 9.03. The number of rotatable bonds is 52. The summed E-state index contributed by atoms with van der Waals surface area (Å²) < 4.78 is 0. The van der Waals surface area contributed by atoms with Gasteiger partial charge in [0.25, 0.3) is 0 Å². The molecule has 41 nitrogen and oxygen atoms in total. The van der Waals surface area contributed by atoms with Gasteiger partial charge in [-0.1, -0.05) is 24.3 Å². The molecular formula is C57H92N10O31S. The van der Waals surface area contributed by atoms with E-state index in [1.807, 2.05) is 5.32 Å². The summed E-state index contributed by atoms with van der Waals surface area (Å²) in [7, 11) is 0. The van der Waals surface area contributed by atoms with Crippen LogP contribution in [-0.4, -0.2) is 324 Å². The highest BCUT2D eigenvalue weighted by atomic mass is 32.1. The number of hydrogen-bond acceptors (Lipinski definition) is 29. The third kappa shape index (κ3) is 34.1. The number of aliphatic hydroxyl groups excluding tert-OH is 15. The van der Waals surface area contributed by atoms with E-state index >= 15 is 0 Å². The van der Waals surface area contributed by atoms with Crippen LogP contribution in [-0.2, 0) is 75.3 Å². The fourth-order valence-electron chi connectivity index (χ4n) is 8.78. The van der Waals surface area contributed by atoms with Crippen LogP contribution in [0.2, 0.25) is 0 Å². The van der Waals surface area contributed by atoms with Gasteiger partial charge in [-0.25, -0.2) is 4.79 Å². The number of aliphatic carboxylic acids is 3. The number of carboxylic acids is 3. The third-order valence-electron chi connectivity index (χ3n) is 14.8. The highest BCUT2D eigenvalue weighted by Crippen LogP contribution is 2.14. The van der Waals surface area contributed by atoms with Crippen molar-refractivity contribution in [2.75, 3.05) is 45.2 Å². The number of hydrogen-bond donors (Lipinski definition) is 29. The molecule has 0 fully saturated rings. The lowest BCUT2D eigenvalue weighted by Crippen LogP contribution is -2.59. The molecule has 10 amide bonds. The van der Waals surface area contributed by atoms with Crippen molar-refractivity contribution in [2.45, 2.75) is 193 Å². The summed E-state index contributed by atoms with van der Waals surface area (Å²) in [6, 6.07) is -5.64. The van der Waals surface area contributed by atoms with Gasteiger partial charge < -0.3 is 145 Å². The number of benzene rings is 1. The molecule has 0 saturated heterocycles. The zero-order valence-electron chi connectivity index (χ0n) is 53.2. The first kappa shape index (κ1) is 89.1. The molecule has 18 atom stereocenters. The Morgan fingerprint density at radius 3 is 0.970 bits per heavy atom. The maximum Gasteiger partial charge on any atom is 0.327 e. The Balaban J connectivity index is 3.92. The van der Waals surface area contributed by atoms with Gasteiger partial charge in [0.15, 0.2) is 0 Å². The van der Waals surface area contributed by atoms with E-state index in [9.17, 15) is 139 Å². The number of amides is 10. The summed E-state index contributed by atoms with van der Waals surface area (Å²) in [6.45, 7) is -5.55. The van der Waals surface area contributed by atoms with Gasteiger partial charge in [-0.15, -0.1) is 0 Å². The minimum absolute atomic E-state index is 0.113. The van der Waals surface area contributed by atoms with Gasteiger partial charge in [-0.2, -0.15) is 12.6 Å². The number of carbonyl (C=O) groups excluding carboxylic acids is 10. The molecule has 0 saturated carbocycles. The summed E-state index contributed by atoms with van der Waals surface area (Å²) in [5.74, 6) is -16.2. The highest BCUT2D eigenvalue weighted by Gasteiger charge is 2.37. The lowest BCUT2D eigenvalue weighted by Gasteiger charge is -2.28. The average molecular weight is 1450 g/mol. The van der Waals surface area contributed by atoms with Crippen molar-refractivity contribution >= 4 is 90.1 Å². The topological polar surface area (TPSA) is 706 Å². The van der Waals surface area contributed by atoms with E-state index in [1.165, 1.54) is 12.1 Å². The standard InChI is InChI=1S/C57H92N10O31S/c68-21-37(75)49(89)46(86)34(72)18-59-40(78)12-8-29(62-43(81)16-26-4-6-27(7-5-26)17-58-25-71)53(93)63-28(2-1-3-44(82)83)52(92)64-30(9-13-41(79)60-19-35(73)47(87)50(90)38(76)22-69)54(94)66-32(11-15-45(84)85)55(95)65-31(56(96)67-33(24-99)57(97)98)10-14-42(80)61-20-36(74)48(88)51(91)39(77)23-70/h4-7,25,28-39,46-51,68-70,72-77,86-91,99H,1-3,8-24H2,(H,58,71)(H,59,78)(H,60,79)(H,61,80)(H,62,81)(H,63,93)(H,64,92)(H,65,95)(H,66,94)(H,67,96)(H,82,83)(H,84,85)(H,97,98)/t28-,29+,30+,31+,32-,33-,34+,35+,36+,37-,38-,39-,46-,47-,48-,49-,50-,51-/m1/s1. The van der Waals surface area contributed by atoms with Crippen LogP contribution in [0.15, 0.2) is 24.3 Å². The van der Waals surface area contributed by atoms with Crippen molar-refractivity contribution in [2.24, 2.45) is 0 Å². The number of carboxylic acid groups (broad SMARTS) is 3. The van der Waals surface area contributed by atoms with E-state index in [2.05, 4.69) is 60.5 Å². The van der Waals surface area contributed by atoms with E-state index in [-0.39, 0.29) is 6.54 Å². The minimum Gasteiger partial charge on any atom is -0.481 e. The van der Waals surface area contributed by atoms with Crippen LogP contribution in [0.1, 0.15) is 81.8 Å². The Labute approximate surface area is 569 Å². The Morgan fingerprint density at radius 2 is 0.667 bits per heavy atom. The molecule has 562 valence electrons. The summed E-state index contributed by atoms with van der Waals surface area (Å²) in [6.07, 6.45) is -32.9. The van der Waals surface area contributed by atoms with E-state index in [0.29, 0.717) is 17.5 Å². The SMILES string of the molecule is O=CNCc1ccc(CC(=O)N[C@@H](CCC(=O)NC[C@H](O)[C@@H](O)[C@H](O)[C@H](O)CO)C(=O)N[C@H](CCCC(=O)O)C(=O)N[C@@H](CCC(=O)NC[C@H](O)[C@@H](O)[C@H](O)[C@H](O)CO)C(=O)N[C@H](CCC(=O)O)C(=O)N[C@@H](CCC(=O)NC[C@H](O)[C@@H](O)[C@H](O)[C@H](O)CO)C(=O)N[C@H](CS)C(=O)O)cc1. The van der Waals surface area contributed by atoms with Crippen LogP contribution in [0, 0.1) is 0 Å². The number of carbonyl (C=O) groups is 13. The molecule has 0 heterocycles. The second kappa shape index (κ2) is 47.2. The Bertz CT molecular complexity index is 2760. The molecule has 28 N–H and O–H groups in total. The van der Waals surface area contributed by atoms with Crippen LogP contribution in [0.4, 0.5) is 0 Å². The monoisotopic (exact) mass is 1440 g/mol. The van der Waals surface area contributed by atoms with E-state index in [0.717, 1.165) is 0 Å². The molecule has 1 aromatic carbocycles. The van der Waals surface area contributed by atoms with Gasteiger partial charge in [-0.3, -0.25) is 57.5 Å². The van der Waals surface area contributed by atoms with Crippen molar-refractivity contribution in [3.05, 3.63) is 35.4 Å². The molecule has 0 spiro atoms. The second-order valence-corrected chi connectivity index (χ2v) is 22.9. The first-order chi connectivity index (χ1) is 46.5. The zero-order chi connectivity index (χ0) is 75.2. The first-order valence-electron chi connectivity index (χ1n) is 30.7. The number of thiol groups is 1. The van der Waals surface area contributed by atoms with Crippen LogP contribution in [0.3, 0.4) is 0 Å². The lowest BCUT2D eigenvalue weighted by atomic mass is 10.0. The number of aliphatic hydroxyl groups is 15. The minimum atomic E-state index is -2.19. The third-order valence-corrected chi connectivity index (χ3v) is 15.1. The van der Waals surface area contributed by atoms with Crippen molar-refractivity contribution in [3.63, 3.8) is 0 Å². The summed E-state index contributed by atoms with van der Waals surface area (Å²) >= 11 is 3.87. The normalized spacial score (nSPS) is 16.8. The Kier molecular flexibility index (Phi) is 42.5. The van der Waals surface area contributed by atoms with Crippen molar-refractivity contribution in [3.8, 4) is 0 Å². The van der Waals surface area contributed by atoms with Crippen molar-refractivity contribution in [1.82, 2.24) is 53.2 Å². The zero-order valence-corrected chi connectivity index (χ0v) is 54.1. The molecule has 0 radical (unpaired) electrons. The quantitative estimate of drug-likeness (QED) is 0.0213. The first-order valence-corrected chi connectivity index (χ1v) is 31.3. The van der Waals surface area contributed by atoms with Crippen LogP contribution >= 0.6 is 12.6 Å². The molecule has 1 rings (SSSR count). The Hall–Kier alpha value is -7.92. The highest BCUT2D eigenvalue weighted by molar-refractivity contribution is 7.80. The molecule has 0 aliphatic rings. The van der Waals surface area contributed by atoms with Gasteiger partial charge >= 0.3 is 17.9 Å². The van der Waals surface area contributed by atoms with Gasteiger partial charge in [0.1, 0.15) is 91.2 Å². The number of nitrogens with one attached hydrogen (secondary N) is 10. The molecule has 0 bridgehead atoms. The largest absolute Gasteiger partial charge is 0.481 e. The van der Waals surface area contributed by atoms with Gasteiger partial charge in [0, 0.05) is 64.0 Å². The van der Waals surface area contributed by atoms with Gasteiger partial charge in [-0.05, 0) is 49.7 Å². The molecule has 0 aromatic heterocycles. The second-order valence-electron chi connectivity index (χ2n) is 22.6. The van der Waals surface area contributed by atoms with Crippen LogP contribution in [0.25, 0.3) is 0 Å². The maximum absolute atomic E-state index is 14.6. The van der Waals surface area contributed by atoms with Gasteiger partial charge in [0.05, 0.1) is 44.6 Å². The molecule has 0 unspecified atom stereocenters. The van der Waals surface area contributed by atoms with E-state index < -0.39 is 303 Å². The Morgan fingerprint density at radius 1 is 0.374 bits per heavy atom. The molecule has 1 aromatic rings. The predicted octanol–water partition coefficient (Wildman–Crippen LogP) is -13.5. The molecular weight excluding hydrogens is 1350 g/mol. The smallest absolute Gasteiger partial charge is 0.327 e. The maximum atomic E-state index is 14.6. The summed E-state index contributed by atoms with van der Waals surface area (Å²) in [5.41, 5.74) is 0.954. The van der Waals surface area contributed by atoms with Crippen molar-refractivity contribution < 1.29 is 154 Å². The molecule has 99 heavy (non-hydrogen) atoms. The van der Waals surface area contributed by atoms with Gasteiger partial charge in [0.2, 0.25) is 59.6 Å². The predicted molar refractivity (Wildman–Crippen MR) is 335 cm³/mol. The lowest BCUT2D eigenvalue weighted by molar-refractivity contribution is -0.142. The fraction of sp³-hybridized carbons (Fsp3) is 0.667. The molecule has 0 aliphatic carbocycles. The molecule has 42 heteroatoms. The van der Waals surface area contributed by atoms with Crippen molar-refractivity contribution in [1.29, 1.82) is 0 Å². The van der Waals surface area contributed by atoms with Crippen LogP contribution < -0.4 is 53.2 Å². The average Bonchev–Trinajstić information content (AvgIpc) is 0.978. The summed E-state index contributed by atoms with van der Waals surface area (Å²) in [5, 5.41) is 199. The van der Waals surface area contributed by atoms with Crippen LogP contribution in [0.5, 0.6) is 0 Å². The van der Waals surface area contributed by atoms with E-state index in [4.69, 9.17) is 15.3 Å². The summed E-state index contributed by atoms with van der Waals surface area (Å²) in [4.78, 5) is 171.